The fourth-order valence-corrected chi connectivity index (χ4v) is 2.76. The quantitative estimate of drug-likeness (QED) is 0.906. The number of carbonyl (C=O) groups excluding carboxylic acids is 1. The molecule has 1 atom stereocenters. The van der Waals surface area contributed by atoms with Crippen LogP contribution in [0.5, 0.6) is 0 Å². The molecule has 2 N–H and O–H groups in total. The number of benzene rings is 1. The van der Waals surface area contributed by atoms with E-state index in [9.17, 15) is 4.79 Å². The van der Waals surface area contributed by atoms with E-state index in [4.69, 9.17) is 27.6 Å². The minimum atomic E-state index is -0.486. The fourth-order valence-electron chi connectivity index (χ4n) is 2.20. The first-order valence-electron chi connectivity index (χ1n) is 6.47. The van der Waals surface area contributed by atoms with E-state index in [0.717, 1.165) is 19.4 Å². The smallest absolute Gasteiger partial charge is 0.322 e. The van der Waals surface area contributed by atoms with E-state index in [-0.39, 0.29) is 27.7 Å². The number of rotatable bonds is 3. The van der Waals surface area contributed by atoms with Crippen molar-refractivity contribution in [3.63, 3.8) is 0 Å². The highest BCUT2D eigenvalue weighted by molar-refractivity contribution is 6.40. The molecule has 0 radical (unpaired) electrons. The molecule has 1 saturated heterocycles. The standard InChI is InChI=1S/C13H12Cl2N4O2/c14-7-3-1-4-8(15)10(7)11(20)17-13-19-18-12(21-13)9-5-2-6-16-9/h1,3-4,9,16H,2,5-6H2,(H,17,19,20). The maximum Gasteiger partial charge on any atom is 0.322 e. The van der Waals surface area contributed by atoms with Gasteiger partial charge in [-0.1, -0.05) is 34.4 Å². The summed E-state index contributed by atoms with van der Waals surface area (Å²) < 4.78 is 5.44. The average molecular weight is 327 g/mol. The average Bonchev–Trinajstić information content (AvgIpc) is 3.08. The zero-order valence-electron chi connectivity index (χ0n) is 10.9. The van der Waals surface area contributed by atoms with Gasteiger partial charge >= 0.3 is 6.01 Å². The summed E-state index contributed by atoms with van der Waals surface area (Å²) in [6, 6.07) is 4.92. The van der Waals surface area contributed by atoms with Crippen molar-refractivity contribution in [1.82, 2.24) is 15.5 Å². The van der Waals surface area contributed by atoms with Gasteiger partial charge in [0, 0.05) is 0 Å². The molecule has 1 fully saturated rings. The van der Waals surface area contributed by atoms with Crippen molar-refractivity contribution >= 4 is 35.1 Å². The lowest BCUT2D eigenvalue weighted by atomic mass is 10.2. The van der Waals surface area contributed by atoms with Gasteiger partial charge in [-0.15, -0.1) is 5.10 Å². The first-order valence-corrected chi connectivity index (χ1v) is 7.23. The van der Waals surface area contributed by atoms with E-state index in [0.29, 0.717) is 5.89 Å². The maximum absolute atomic E-state index is 12.2. The number of hydrogen-bond acceptors (Lipinski definition) is 5. The Bertz CT molecular complexity index is 648. The molecule has 1 aliphatic heterocycles. The van der Waals surface area contributed by atoms with Gasteiger partial charge in [0.15, 0.2) is 0 Å². The number of carbonyl (C=O) groups is 1. The number of nitrogens with zero attached hydrogens (tertiary/aromatic N) is 2. The van der Waals surface area contributed by atoms with Gasteiger partial charge in [0.2, 0.25) is 5.89 Å². The highest BCUT2D eigenvalue weighted by Crippen LogP contribution is 2.26. The third kappa shape index (κ3) is 3.02. The Kier molecular flexibility index (Phi) is 4.10. The van der Waals surface area contributed by atoms with Crippen molar-refractivity contribution < 1.29 is 9.21 Å². The Balaban J connectivity index is 1.76. The van der Waals surface area contributed by atoms with Crippen LogP contribution in [0.25, 0.3) is 0 Å². The zero-order chi connectivity index (χ0) is 14.8. The number of nitrogens with one attached hydrogen (secondary N) is 2. The summed E-state index contributed by atoms with van der Waals surface area (Å²) in [5, 5.41) is 14.0. The van der Waals surface area contributed by atoms with E-state index in [1.807, 2.05) is 0 Å². The molecule has 0 saturated carbocycles. The molecule has 1 unspecified atom stereocenters. The van der Waals surface area contributed by atoms with Gasteiger partial charge in [-0.05, 0) is 31.5 Å². The van der Waals surface area contributed by atoms with E-state index in [2.05, 4.69) is 20.8 Å². The Morgan fingerprint density at radius 2 is 2.10 bits per heavy atom. The van der Waals surface area contributed by atoms with Crippen LogP contribution >= 0.6 is 23.2 Å². The monoisotopic (exact) mass is 326 g/mol. The molecule has 2 heterocycles. The lowest BCUT2D eigenvalue weighted by Gasteiger charge is -2.05. The molecule has 1 aromatic carbocycles. The molecule has 2 aromatic rings. The zero-order valence-corrected chi connectivity index (χ0v) is 12.4. The van der Waals surface area contributed by atoms with E-state index >= 15 is 0 Å². The first kappa shape index (κ1) is 14.3. The molecule has 110 valence electrons. The Morgan fingerprint density at radius 3 is 2.76 bits per heavy atom. The van der Waals surface area contributed by atoms with Crippen molar-refractivity contribution in [3.8, 4) is 0 Å². The predicted molar refractivity (Wildman–Crippen MR) is 78.7 cm³/mol. The van der Waals surface area contributed by atoms with Gasteiger partial charge in [-0.25, -0.2) is 0 Å². The number of hydrogen-bond donors (Lipinski definition) is 2. The van der Waals surface area contributed by atoms with Crippen LogP contribution < -0.4 is 10.6 Å². The second-order valence-electron chi connectivity index (χ2n) is 4.65. The van der Waals surface area contributed by atoms with Gasteiger partial charge in [0.05, 0.1) is 21.7 Å². The van der Waals surface area contributed by atoms with Crippen LogP contribution in [0.1, 0.15) is 35.1 Å². The second kappa shape index (κ2) is 6.01. The van der Waals surface area contributed by atoms with E-state index in [1.54, 1.807) is 18.2 Å². The maximum atomic E-state index is 12.2. The number of halogens is 2. The molecule has 6 nitrogen and oxygen atoms in total. The van der Waals surface area contributed by atoms with E-state index < -0.39 is 5.91 Å². The number of aromatic nitrogens is 2. The molecule has 21 heavy (non-hydrogen) atoms. The van der Waals surface area contributed by atoms with Crippen molar-refractivity contribution in [2.45, 2.75) is 18.9 Å². The molecule has 1 aromatic heterocycles. The van der Waals surface area contributed by atoms with Crippen molar-refractivity contribution in [1.29, 1.82) is 0 Å². The second-order valence-corrected chi connectivity index (χ2v) is 5.46. The molecule has 1 amide bonds. The molecular formula is C13H12Cl2N4O2. The summed E-state index contributed by atoms with van der Waals surface area (Å²) in [6.07, 6.45) is 2.00. The molecule has 8 heteroatoms. The lowest BCUT2D eigenvalue weighted by Crippen LogP contribution is -2.14. The minimum Gasteiger partial charge on any atom is -0.406 e. The third-order valence-electron chi connectivity index (χ3n) is 3.21. The summed E-state index contributed by atoms with van der Waals surface area (Å²) in [5.74, 6) is -0.0202. The number of anilines is 1. The normalized spacial score (nSPS) is 17.9. The van der Waals surface area contributed by atoms with Gasteiger partial charge in [0.25, 0.3) is 5.91 Å². The largest absolute Gasteiger partial charge is 0.406 e. The third-order valence-corrected chi connectivity index (χ3v) is 3.84. The number of amides is 1. The summed E-state index contributed by atoms with van der Waals surface area (Å²) >= 11 is 12.0. The lowest BCUT2D eigenvalue weighted by molar-refractivity contribution is 0.102. The van der Waals surface area contributed by atoms with Crippen molar-refractivity contribution in [3.05, 3.63) is 39.7 Å². The summed E-state index contributed by atoms with van der Waals surface area (Å²) in [5.41, 5.74) is 0.180. The predicted octanol–water partition coefficient (Wildman–Crippen LogP) is 3.05. The van der Waals surface area contributed by atoms with Crippen LogP contribution in [0.15, 0.2) is 22.6 Å². The first-order chi connectivity index (χ1) is 10.1. The van der Waals surface area contributed by atoms with Crippen molar-refractivity contribution in [2.75, 3.05) is 11.9 Å². The molecule has 3 rings (SSSR count). The Hall–Kier alpha value is -1.63. The Labute approximate surface area is 130 Å². The van der Waals surface area contributed by atoms with E-state index in [1.165, 1.54) is 0 Å². The van der Waals surface area contributed by atoms with Crippen LogP contribution in [0.2, 0.25) is 10.0 Å². The van der Waals surface area contributed by atoms with Crippen molar-refractivity contribution in [2.24, 2.45) is 0 Å². The molecule has 0 aliphatic carbocycles. The van der Waals surface area contributed by atoms with Gasteiger partial charge < -0.3 is 9.73 Å². The highest BCUT2D eigenvalue weighted by atomic mass is 35.5. The van der Waals surface area contributed by atoms with Crippen LogP contribution in [0.4, 0.5) is 6.01 Å². The van der Waals surface area contributed by atoms with Crippen LogP contribution in [0, 0.1) is 0 Å². The summed E-state index contributed by atoms with van der Waals surface area (Å²) in [7, 11) is 0. The molecule has 0 spiro atoms. The molecule has 0 bridgehead atoms. The Morgan fingerprint density at radius 1 is 1.33 bits per heavy atom. The van der Waals surface area contributed by atoms with Crippen LogP contribution in [-0.4, -0.2) is 22.6 Å². The summed E-state index contributed by atoms with van der Waals surface area (Å²) in [4.78, 5) is 12.2. The molecular weight excluding hydrogens is 315 g/mol. The summed E-state index contributed by atoms with van der Waals surface area (Å²) in [6.45, 7) is 0.921. The highest BCUT2D eigenvalue weighted by Gasteiger charge is 2.23. The topological polar surface area (TPSA) is 80.0 Å². The minimum absolute atomic E-state index is 0.0275. The van der Waals surface area contributed by atoms with Gasteiger partial charge in [-0.3, -0.25) is 10.1 Å². The van der Waals surface area contributed by atoms with Gasteiger partial charge in [0.1, 0.15) is 0 Å². The fraction of sp³-hybridized carbons (Fsp3) is 0.308. The molecule has 1 aliphatic rings. The SMILES string of the molecule is O=C(Nc1nnc(C2CCCN2)o1)c1c(Cl)cccc1Cl. The van der Waals surface area contributed by atoms with Crippen LogP contribution in [-0.2, 0) is 0 Å². The van der Waals surface area contributed by atoms with Crippen LogP contribution in [0.3, 0.4) is 0 Å². The van der Waals surface area contributed by atoms with Gasteiger partial charge in [-0.2, -0.15) is 0 Å².